The van der Waals surface area contributed by atoms with Crippen LogP contribution in [0.15, 0.2) is 65.8 Å². The Balaban J connectivity index is 1.84. The fourth-order valence-electron chi connectivity index (χ4n) is 2.97. The number of sulfonamides is 1. The smallest absolute Gasteiger partial charge is 0.244 e. The van der Waals surface area contributed by atoms with E-state index in [9.17, 15) is 13.2 Å². The van der Waals surface area contributed by atoms with Gasteiger partial charge >= 0.3 is 0 Å². The molecule has 2 aromatic carbocycles. The van der Waals surface area contributed by atoms with E-state index in [0.29, 0.717) is 5.02 Å². The highest BCUT2D eigenvalue weighted by atomic mass is 35.5. The summed E-state index contributed by atoms with van der Waals surface area (Å²) in [4.78, 5) is 12.9. The number of aryl methyl sites for hydroxylation is 2. The average molecular weight is 447 g/mol. The summed E-state index contributed by atoms with van der Waals surface area (Å²) in [5.74, 6) is -0.479. The molecule has 158 valence electrons. The molecule has 9 heteroatoms. The SMILES string of the molecule is Cc1ccc(C(NC(=O)C(C)NS(=O)(=O)c2cnn(C)c2)c2ccccc2Cl)cc1. The highest BCUT2D eigenvalue weighted by molar-refractivity contribution is 7.89. The molecular weight excluding hydrogens is 424 g/mol. The number of carbonyl (C=O) groups is 1. The maximum atomic E-state index is 12.9. The molecule has 30 heavy (non-hydrogen) atoms. The lowest BCUT2D eigenvalue weighted by molar-refractivity contribution is -0.122. The van der Waals surface area contributed by atoms with E-state index in [2.05, 4.69) is 15.1 Å². The molecule has 1 heterocycles. The lowest BCUT2D eigenvalue weighted by Gasteiger charge is -2.23. The molecule has 2 atom stereocenters. The van der Waals surface area contributed by atoms with Crippen LogP contribution >= 0.6 is 11.6 Å². The number of carbonyl (C=O) groups excluding carboxylic acids is 1. The number of amides is 1. The van der Waals surface area contributed by atoms with Crippen molar-refractivity contribution in [1.29, 1.82) is 0 Å². The number of halogens is 1. The number of hydrogen-bond acceptors (Lipinski definition) is 4. The summed E-state index contributed by atoms with van der Waals surface area (Å²) < 4.78 is 28.8. The third kappa shape index (κ3) is 5.08. The quantitative estimate of drug-likeness (QED) is 0.583. The minimum absolute atomic E-state index is 0.00848. The van der Waals surface area contributed by atoms with E-state index >= 15 is 0 Å². The third-order valence-electron chi connectivity index (χ3n) is 4.63. The molecule has 0 fully saturated rings. The summed E-state index contributed by atoms with van der Waals surface area (Å²) in [6.07, 6.45) is 2.59. The van der Waals surface area contributed by atoms with Crippen LogP contribution in [0.2, 0.25) is 5.02 Å². The zero-order chi connectivity index (χ0) is 21.9. The van der Waals surface area contributed by atoms with Gasteiger partial charge in [-0.3, -0.25) is 9.48 Å². The highest BCUT2D eigenvalue weighted by Crippen LogP contribution is 2.28. The maximum Gasteiger partial charge on any atom is 0.244 e. The third-order valence-corrected chi connectivity index (χ3v) is 6.47. The van der Waals surface area contributed by atoms with E-state index in [1.807, 2.05) is 49.4 Å². The second kappa shape index (κ2) is 8.99. The summed E-state index contributed by atoms with van der Waals surface area (Å²) in [5.41, 5.74) is 2.64. The van der Waals surface area contributed by atoms with Gasteiger partial charge in [-0.15, -0.1) is 0 Å². The minimum atomic E-state index is -3.88. The first-order valence-corrected chi connectivity index (χ1v) is 11.2. The summed E-state index contributed by atoms with van der Waals surface area (Å²) in [6.45, 7) is 3.46. The molecule has 1 amide bonds. The predicted molar refractivity (Wildman–Crippen MR) is 116 cm³/mol. The van der Waals surface area contributed by atoms with Crippen LogP contribution in [-0.4, -0.2) is 30.1 Å². The van der Waals surface area contributed by atoms with Crippen molar-refractivity contribution in [3.8, 4) is 0 Å². The Morgan fingerprint density at radius 3 is 2.40 bits per heavy atom. The van der Waals surface area contributed by atoms with Gasteiger partial charge in [0, 0.05) is 18.3 Å². The van der Waals surface area contributed by atoms with Crippen molar-refractivity contribution in [2.45, 2.75) is 30.8 Å². The van der Waals surface area contributed by atoms with Gasteiger partial charge in [-0.25, -0.2) is 8.42 Å². The van der Waals surface area contributed by atoms with E-state index in [0.717, 1.165) is 16.7 Å². The number of nitrogens with zero attached hydrogens (tertiary/aromatic N) is 2. The highest BCUT2D eigenvalue weighted by Gasteiger charge is 2.26. The summed E-state index contributed by atoms with van der Waals surface area (Å²) in [6, 6.07) is 13.4. The molecule has 0 saturated carbocycles. The molecule has 0 saturated heterocycles. The van der Waals surface area contributed by atoms with E-state index in [1.165, 1.54) is 24.0 Å². The summed E-state index contributed by atoms with van der Waals surface area (Å²) in [7, 11) is -2.27. The Kier molecular flexibility index (Phi) is 6.60. The predicted octanol–water partition coefficient (Wildman–Crippen LogP) is 2.95. The van der Waals surface area contributed by atoms with Crippen molar-refractivity contribution in [2.75, 3.05) is 0 Å². The largest absolute Gasteiger partial charge is 0.344 e. The molecular formula is C21H23ClN4O3S. The lowest BCUT2D eigenvalue weighted by Crippen LogP contribution is -2.46. The molecule has 0 aliphatic heterocycles. The van der Waals surface area contributed by atoms with Crippen LogP contribution in [0, 0.1) is 6.92 Å². The van der Waals surface area contributed by atoms with Crippen molar-refractivity contribution in [3.05, 3.63) is 82.6 Å². The van der Waals surface area contributed by atoms with Crippen molar-refractivity contribution < 1.29 is 13.2 Å². The second-order valence-corrected chi connectivity index (χ2v) is 9.19. The normalized spacial score (nSPS) is 13.6. The topological polar surface area (TPSA) is 93.1 Å². The zero-order valence-corrected chi connectivity index (χ0v) is 18.4. The molecule has 2 N–H and O–H groups in total. The van der Waals surface area contributed by atoms with Crippen molar-refractivity contribution >= 4 is 27.5 Å². The number of aromatic nitrogens is 2. The van der Waals surface area contributed by atoms with Gasteiger partial charge in [-0.05, 0) is 31.0 Å². The molecule has 0 bridgehead atoms. The number of hydrogen-bond donors (Lipinski definition) is 2. The second-order valence-electron chi connectivity index (χ2n) is 7.07. The standard InChI is InChI=1S/C21H23ClN4O3S/c1-14-8-10-16(11-9-14)20(18-6-4-5-7-19(18)22)24-21(27)15(2)25-30(28,29)17-12-23-26(3)13-17/h4-13,15,20,25H,1-3H3,(H,24,27). The van der Waals surface area contributed by atoms with Gasteiger partial charge in [-0.2, -0.15) is 9.82 Å². The van der Waals surface area contributed by atoms with Gasteiger partial charge in [0.15, 0.2) is 0 Å². The minimum Gasteiger partial charge on any atom is -0.344 e. The summed E-state index contributed by atoms with van der Waals surface area (Å²) in [5, 5.41) is 7.29. The fourth-order valence-corrected chi connectivity index (χ4v) is 4.40. The van der Waals surface area contributed by atoms with E-state index < -0.39 is 28.0 Å². The van der Waals surface area contributed by atoms with Gasteiger partial charge in [0.05, 0.1) is 18.3 Å². The summed E-state index contributed by atoms with van der Waals surface area (Å²) >= 11 is 6.38. The monoisotopic (exact) mass is 446 g/mol. The molecule has 0 spiro atoms. The number of rotatable bonds is 7. The molecule has 3 aromatic rings. The van der Waals surface area contributed by atoms with Gasteiger partial charge < -0.3 is 5.32 Å². The fraction of sp³-hybridized carbons (Fsp3) is 0.238. The maximum absolute atomic E-state index is 12.9. The van der Waals surface area contributed by atoms with Crippen LogP contribution in [0.3, 0.4) is 0 Å². The van der Waals surface area contributed by atoms with Gasteiger partial charge in [-0.1, -0.05) is 59.6 Å². The lowest BCUT2D eigenvalue weighted by atomic mass is 9.97. The molecule has 0 radical (unpaired) electrons. The Morgan fingerprint density at radius 2 is 1.80 bits per heavy atom. The molecule has 2 unspecified atom stereocenters. The van der Waals surface area contributed by atoms with Crippen molar-refractivity contribution in [2.24, 2.45) is 7.05 Å². The van der Waals surface area contributed by atoms with Crippen molar-refractivity contribution in [3.63, 3.8) is 0 Å². The Labute approximate surface area is 181 Å². The van der Waals surface area contributed by atoms with Crippen LogP contribution in [-0.2, 0) is 21.9 Å². The molecule has 0 aliphatic rings. The molecule has 1 aromatic heterocycles. The van der Waals surface area contributed by atoms with E-state index in [-0.39, 0.29) is 4.90 Å². The van der Waals surface area contributed by atoms with Crippen LogP contribution in [0.4, 0.5) is 0 Å². The van der Waals surface area contributed by atoms with Crippen LogP contribution < -0.4 is 10.0 Å². The molecule has 0 aliphatic carbocycles. The molecule has 3 rings (SSSR count). The first-order valence-electron chi connectivity index (χ1n) is 9.30. The van der Waals surface area contributed by atoms with Crippen molar-refractivity contribution in [1.82, 2.24) is 19.8 Å². The van der Waals surface area contributed by atoms with Gasteiger partial charge in [0.1, 0.15) is 4.90 Å². The van der Waals surface area contributed by atoms with Crippen LogP contribution in [0.1, 0.15) is 29.7 Å². The van der Waals surface area contributed by atoms with Gasteiger partial charge in [0.25, 0.3) is 0 Å². The number of benzene rings is 2. The zero-order valence-electron chi connectivity index (χ0n) is 16.8. The van der Waals surface area contributed by atoms with E-state index in [1.54, 1.807) is 13.1 Å². The van der Waals surface area contributed by atoms with Crippen LogP contribution in [0.5, 0.6) is 0 Å². The van der Waals surface area contributed by atoms with Crippen LogP contribution in [0.25, 0.3) is 0 Å². The average Bonchev–Trinajstić information content (AvgIpc) is 3.14. The van der Waals surface area contributed by atoms with Gasteiger partial charge in [0.2, 0.25) is 15.9 Å². The molecule has 7 nitrogen and oxygen atoms in total. The Bertz CT molecular complexity index is 1140. The number of nitrogens with one attached hydrogen (secondary N) is 2. The van der Waals surface area contributed by atoms with E-state index in [4.69, 9.17) is 11.6 Å². The first-order chi connectivity index (χ1) is 14.2. The Hall–Kier alpha value is -2.68. The Morgan fingerprint density at radius 1 is 1.13 bits per heavy atom. The first kappa shape index (κ1) is 22.0.